The number of aliphatic carboxylic acids is 1. The van der Waals surface area contributed by atoms with Crippen LogP contribution in [0.2, 0.25) is 0 Å². The molecule has 0 saturated carbocycles. The van der Waals surface area contributed by atoms with Crippen LogP contribution in [-0.2, 0) is 11.3 Å². The molecule has 0 aliphatic carbocycles. The maximum absolute atomic E-state index is 12.3. The fourth-order valence-corrected chi connectivity index (χ4v) is 2.54. The first-order chi connectivity index (χ1) is 9.90. The molecule has 0 radical (unpaired) electrons. The summed E-state index contributed by atoms with van der Waals surface area (Å²) in [6.45, 7) is 5.36. The Morgan fingerprint density at radius 2 is 2.00 bits per heavy atom. The van der Waals surface area contributed by atoms with Crippen LogP contribution in [0, 0.1) is 18.8 Å². The molecule has 114 valence electrons. The summed E-state index contributed by atoms with van der Waals surface area (Å²) in [4.78, 5) is 26.6. The predicted molar refractivity (Wildman–Crippen MR) is 79.9 cm³/mol. The van der Waals surface area contributed by atoms with Crippen molar-refractivity contribution in [2.75, 3.05) is 20.1 Å². The number of aryl methyl sites for hydroxylation is 1. The molecule has 2 rings (SSSR count). The SMILES string of the molecule is Cc1ccccc1CN(C)C(=O)N1CC(C(C)C(=O)O)C1. The van der Waals surface area contributed by atoms with Gasteiger partial charge < -0.3 is 14.9 Å². The third-order valence-electron chi connectivity index (χ3n) is 4.27. The lowest BCUT2D eigenvalue weighted by atomic mass is 9.87. The second kappa shape index (κ2) is 6.16. The van der Waals surface area contributed by atoms with Gasteiger partial charge in [-0.15, -0.1) is 0 Å². The fraction of sp³-hybridized carbons (Fsp3) is 0.500. The van der Waals surface area contributed by atoms with Gasteiger partial charge in [0.15, 0.2) is 0 Å². The number of hydrogen-bond donors (Lipinski definition) is 1. The van der Waals surface area contributed by atoms with Crippen molar-refractivity contribution in [1.82, 2.24) is 9.80 Å². The van der Waals surface area contributed by atoms with Gasteiger partial charge in [-0.3, -0.25) is 4.79 Å². The summed E-state index contributed by atoms with van der Waals surface area (Å²) in [5.74, 6) is -1.12. The molecular weight excluding hydrogens is 268 g/mol. The lowest BCUT2D eigenvalue weighted by Crippen LogP contribution is -2.56. The lowest BCUT2D eigenvalue weighted by molar-refractivity contribution is -0.144. The first-order valence-electron chi connectivity index (χ1n) is 7.17. The molecule has 1 saturated heterocycles. The zero-order valence-electron chi connectivity index (χ0n) is 12.7. The molecule has 1 aliphatic heterocycles. The minimum atomic E-state index is -0.791. The van der Waals surface area contributed by atoms with E-state index < -0.39 is 11.9 Å². The number of carbonyl (C=O) groups excluding carboxylic acids is 1. The molecule has 0 spiro atoms. The zero-order chi connectivity index (χ0) is 15.6. The molecular formula is C16H22N2O3. The lowest BCUT2D eigenvalue weighted by Gasteiger charge is -2.42. The minimum absolute atomic E-state index is 0.0351. The number of likely N-dealkylation sites (tertiary alicyclic amines) is 1. The monoisotopic (exact) mass is 290 g/mol. The van der Waals surface area contributed by atoms with Crippen LogP contribution in [-0.4, -0.2) is 47.0 Å². The van der Waals surface area contributed by atoms with Gasteiger partial charge in [0.05, 0.1) is 5.92 Å². The van der Waals surface area contributed by atoms with Gasteiger partial charge in [-0.2, -0.15) is 0 Å². The quantitative estimate of drug-likeness (QED) is 0.924. The van der Waals surface area contributed by atoms with Gasteiger partial charge in [-0.05, 0) is 18.1 Å². The Kier molecular flexibility index (Phi) is 4.50. The van der Waals surface area contributed by atoms with Gasteiger partial charge >= 0.3 is 12.0 Å². The topological polar surface area (TPSA) is 60.9 Å². The van der Waals surface area contributed by atoms with E-state index in [0.717, 1.165) is 11.1 Å². The van der Waals surface area contributed by atoms with E-state index in [1.165, 1.54) is 0 Å². The van der Waals surface area contributed by atoms with Crippen LogP contribution in [0.15, 0.2) is 24.3 Å². The summed E-state index contributed by atoms with van der Waals surface area (Å²) in [7, 11) is 1.78. The smallest absolute Gasteiger partial charge is 0.320 e. The number of carboxylic acid groups (broad SMARTS) is 1. The number of nitrogens with zero attached hydrogens (tertiary/aromatic N) is 2. The average Bonchev–Trinajstić information content (AvgIpc) is 2.39. The summed E-state index contributed by atoms with van der Waals surface area (Å²) in [6, 6.07) is 7.96. The molecule has 1 atom stereocenters. The molecule has 1 heterocycles. The predicted octanol–water partition coefficient (Wildman–Crippen LogP) is 2.20. The number of carboxylic acids is 1. The normalized spacial score (nSPS) is 16.2. The molecule has 1 aromatic carbocycles. The molecule has 1 fully saturated rings. The molecule has 1 N–H and O–H groups in total. The van der Waals surface area contributed by atoms with E-state index in [-0.39, 0.29) is 11.9 Å². The van der Waals surface area contributed by atoms with E-state index in [0.29, 0.717) is 19.6 Å². The minimum Gasteiger partial charge on any atom is -0.481 e. The number of hydrogen-bond acceptors (Lipinski definition) is 2. The highest BCUT2D eigenvalue weighted by Crippen LogP contribution is 2.25. The Hall–Kier alpha value is -2.04. The molecule has 0 aromatic heterocycles. The van der Waals surface area contributed by atoms with Gasteiger partial charge in [0, 0.05) is 32.6 Å². The van der Waals surface area contributed by atoms with Crippen molar-refractivity contribution < 1.29 is 14.7 Å². The van der Waals surface area contributed by atoms with Crippen LogP contribution in [0.25, 0.3) is 0 Å². The van der Waals surface area contributed by atoms with Crippen LogP contribution >= 0.6 is 0 Å². The van der Waals surface area contributed by atoms with Crippen molar-refractivity contribution in [3.63, 3.8) is 0 Å². The summed E-state index contributed by atoms with van der Waals surface area (Å²) in [6.07, 6.45) is 0. The molecule has 1 unspecified atom stereocenters. The highest BCUT2D eigenvalue weighted by molar-refractivity contribution is 5.76. The number of carbonyl (C=O) groups is 2. The zero-order valence-corrected chi connectivity index (χ0v) is 12.7. The average molecular weight is 290 g/mol. The molecule has 0 bridgehead atoms. The standard InChI is InChI=1S/C16H22N2O3/c1-11-6-4-5-7-13(11)8-17(3)16(21)18-9-14(10-18)12(2)15(19)20/h4-7,12,14H,8-10H2,1-3H3,(H,19,20). The Balaban J connectivity index is 1.88. The Morgan fingerprint density at radius 3 is 2.57 bits per heavy atom. The highest BCUT2D eigenvalue weighted by atomic mass is 16.4. The van der Waals surface area contributed by atoms with E-state index in [4.69, 9.17) is 5.11 Å². The third-order valence-corrected chi connectivity index (χ3v) is 4.27. The maximum atomic E-state index is 12.3. The van der Waals surface area contributed by atoms with Gasteiger partial charge in [0.1, 0.15) is 0 Å². The molecule has 1 aliphatic rings. The van der Waals surface area contributed by atoms with Crippen LogP contribution in [0.3, 0.4) is 0 Å². The number of rotatable bonds is 4. The van der Waals surface area contributed by atoms with E-state index >= 15 is 0 Å². The van der Waals surface area contributed by atoms with Crippen molar-refractivity contribution in [3.05, 3.63) is 35.4 Å². The Morgan fingerprint density at radius 1 is 1.38 bits per heavy atom. The largest absolute Gasteiger partial charge is 0.481 e. The van der Waals surface area contributed by atoms with E-state index in [9.17, 15) is 9.59 Å². The van der Waals surface area contributed by atoms with Gasteiger partial charge in [0.25, 0.3) is 0 Å². The molecule has 1 aromatic rings. The van der Waals surface area contributed by atoms with Crippen LogP contribution in [0.4, 0.5) is 4.79 Å². The van der Waals surface area contributed by atoms with E-state index in [1.807, 2.05) is 31.2 Å². The van der Waals surface area contributed by atoms with Gasteiger partial charge in [-0.25, -0.2) is 4.79 Å². The summed E-state index contributed by atoms with van der Waals surface area (Å²) >= 11 is 0. The van der Waals surface area contributed by atoms with Gasteiger partial charge in [-0.1, -0.05) is 31.2 Å². The van der Waals surface area contributed by atoms with Crippen molar-refractivity contribution in [2.24, 2.45) is 11.8 Å². The third kappa shape index (κ3) is 3.35. The molecule has 5 heteroatoms. The molecule has 5 nitrogen and oxygen atoms in total. The van der Waals surface area contributed by atoms with Crippen LogP contribution in [0.5, 0.6) is 0 Å². The van der Waals surface area contributed by atoms with Crippen molar-refractivity contribution in [1.29, 1.82) is 0 Å². The van der Waals surface area contributed by atoms with Crippen molar-refractivity contribution in [2.45, 2.75) is 20.4 Å². The second-order valence-electron chi connectivity index (χ2n) is 5.86. The number of amides is 2. The van der Waals surface area contributed by atoms with Gasteiger partial charge in [0.2, 0.25) is 0 Å². The van der Waals surface area contributed by atoms with Crippen LogP contribution < -0.4 is 0 Å². The second-order valence-corrected chi connectivity index (χ2v) is 5.86. The summed E-state index contributed by atoms with van der Waals surface area (Å²) in [5.41, 5.74) is 2.29. The fourth-order valence-electron chi connectivity index (χ4n) is 2.54. The van der Waals surface area contributed by atoms with Crippen molar-refractivity contribution >= 4 is 12.0 Å². The first-order valence-corrected chi connectivity index (χ1v) is 7.17. The highest BCUT2D eigenvalue weighted by Gasteiger charge is 2.38. The van der Waals surface area contributed by atoms with E-state index in [1.54, 1.807) is 23.8 Å². The summed E-state index contributed by atoms with van der Waals surface area (Å²) < 4.78 is 0. The van der Waals surface area contributed by atoms with Crippen LogP contribution in [0.1, 0.15) is 18.1 Å². The Bertz CT molecular complexity index is 538. The number of benzene rings is 1. The molecule has 2 amide bonds. The summed E-state index contributed by atoms with van der Waals surface area (Å²) in [5, 5.41) is 8.96. The molecule has 21 heavy (non-hydrogen) atoms. The van der Waals surface area contributed by atoms with E-state index in [2.05, 4.69) is 0 Å². The first kappa shape index (κ1) is 15.4. The maximum Gasteiger partial charge on any atom is 0.320 e. The number of urea groups is 1. The van der Waals surface area contributed by atoms with Crippen molar-refractivity contribution in [3.8, 4) is 0 Å². The Labute approximate surface area is 125 Å².